The first-order valence-corrected chi connectivity index (χ1v) is 19.0. The molecule has 3 atom stereocenters. The summed E-state index contributed by atoms with van der Waals surface area (Å²) in [4.78, 5) is 75.6. The van der Waals surface area contributed by atoms with Gasteiger partial charge in [-0.3, -0.25) is 14.4 Å². The van der Waals surface area contributed by atoms with Gasteiger partial charge in [-0.1, -0.05) is 23.7 Å². The van der Waals surface area contributed by atoms with Crippen LogP contribution in [0.25, 0.3) is 0 Å². The molecule has 4 amide bonds. The monoisotopic (exact) mass is 847 g/mol. The first kappa shape index (κ1) is 44.2. The zero-order chi connectivity index (χ0) is 43.0. The van der Waals surface area contributed by atoms with Gasteiger partial charge in [0.25, 0.3) is 5.91 Å². The molecule has 59 heavy (non-hydrogen) atoms. The van der Waals surface area contributed by atoms with E-state index >= 15 is 0 Å². The van der Waals surface area contributed by atoms with E-state index in [1.165, 1.54) is 24.3 Å². The van der Waals surface area contributed by atoms with Crippen LogP contribution in [0.4, 0.5) is 35.5 Å². The zero-order valence-corrected chi connectivity index (χ0v) is 33.4. The largest absolute Gasteiger partial charge is 0.467 e. The van der Waals surface area contributed by atoms with E-state index in [1.807, 2.05) is 12.1 Å². The standard InChI is InChI=1S/C38H45ClF3N9O8/c1-36(2,3)59-35(56)46-26-7-5-6-25(18-26)44-30(54)29(53)43-19-27(31(55)57-4)47-28(52)21-8-14-24(15-9-21)45-32-48-33(50-34(49-32)58-20-38(40,41)42)51-37(16-17-37)22-10-12-23(39)13-11-22/h8-15,25-27H,5-7,16-20H2,1-4H3,(H,43,53)(H,44,54)(H,46,56)(H,47,52)(H2,45,48,49,50,51). The number of aromatic nitrogens is 3. The molecule has 2 aromatic carbocycles. The minimum Gasteiger partial charge on any atom is -0.467 e. The molecule has 0 saturated heterocycles. The normalized spacial score (nSPS) is 17.6. The van der Waals surface area contributed by atoms with Crippen molar-refractivity contribution in [2.45, 2.75) is 94.7 Å². The number of methoxy groups -OCH3 is 1. The minimum absolute atomic E-state index is 0.0447. The summed E-state index contributed by atoms with van der Waals surface area (Å²) >= 11 is 6.03. The number of carbonyl (C=O) groups is 5. The third kappa shape index (κ3) is 13.6. The number of hydrogen-bond donors (Lipinski definition) is 6. The van der Waals surface area contributed by atoms with Crippen molar-refractivity contribution in [3.8, 4) is 6.01 Å². The molecule has 2 fully saturated rings. The second-order valence-corrected chi connectivity index (χ2v) is 15.5. The molecule has 3 aromatic rings. The molecule has 2 aliphatic carbocycles. The zero-order valence-electron chi connectivity index (χ0n) is 32.6. The maximum absolute atomic E-state index is 13.2. The number of nitrogens with zero attached hydrogens (tertiary/aromatic N) is 3. The van der Waals surface area contributed by atoms with Crippen molar-refractivity contribution in [1.82, 2.24) is 36.2 Å². The van der Waals surface area contributed by atoms with Gasteiger partial charge in [0.1, 0.15) is 11.6 Å². The van der Waals surface area contributed by atoms with Gasteiger partial charge < -0.3 is 46.1 Å². The van der Waals surface area contributed by atoms with Crippen molar-refractivity contribution in [3.63, 3.8) is 0 Å². The average Bonchev–Trinajstić information content (AvgIpc) is 3.94. The van der Waals surface area contributed by atoms with Gasteiger partial charge in [0.15, 0.2) is 6.61 Å². The van der Waals surface area contributed by atoms with Crippen LogP contribution in [0.3, 0.4) is 0 Å². The number of hydrogen-bond acceptors (Lipinski definition) is 13. The molecule has 2 aliphatic rings. The molecule has 0 aliphatic heterocycles. The second-order valence-electron chi connectivity index (χ2n) is 15.0. The Hall–Kier alpha value is -5.92. The summed E-state index contributed by atoms with van der Waals surface area (Å²) in [6.07, 6.45) is -1.52. The van der Waals surface area contributed by atoms with Gasteiger partial charge in [-0.15, -0.1) is 0 Å². The van der Waals surface area contributed by atoms with Crippen molar-refractivity contribution in [3.05, 3.63) is 64.7 Å². The number of rotatable bonds is 14. The highest BCUT2D eigenvalue weighted by Crippen LogP contribution is 2.48. The summed E-state index contributed by atoms with van der Waals surface area (Å²) in [6.45, 7) is 3.11. The topological polar surface area (TPSA) is 224 Å². The molecule has 6 N–H and O–H groups in total. The molecule has 0 bridgehead atoms. The number of ether oxygens (including phenoxy) is 3. The third-order valence-corrected chi connectivity index (χ3v) is 9.33. The fraction of sp³-hybridized carbons (Fsp3) is 0.474. The van der Waals surface area contributed by atoms with Gasteiger partial charge in [-0.25, -0.2) is 9.59 Å². The maximum Gasteiger partial charge on any atom is 0.422 e. The molecule has 1 heterocycles. The number of esters is 1. The van der Waals surface area contributed by atoms with Crippen LogP contribution in [0.15, 0.2) is 48.5 Å². The van der Waals surface area contributed by atoms with E-state index in [0.29, 0.717) is 49.2 Å². The SMILES string of the molecule is COC(=O)C(CNC(=O)C(=O)NC1CCCC(NC(=O)OC(C)(C)C)C1)NC(=O)c1ccc(Nc2nc(NC3(c4ccc(Cl)cc4)CC3)nc(OCC(F)(F)F)n2)cc1. The van der Waals surface area contributed by atoms with Gasteiger partial charge >= 0.3 is 36.1 Å². The lowest BCUT2D eigenvalue weighted by Crippen LogP contribution is -2.53. The Morgan fingerprint density at radius 2 is 1.53 bits per heavy atom. The van der Waals surface area contributed by atoms with Crippen LogP contribution < -0.4 is 36.6 Å². The predicted molar refractivity (Wildman–Crippen MR) is 207 cm³/mol. The molecular weight excluding hydrogens is 803 g/mol. The quantitative estimate of drug-likeness (QED) is 0.0962. The van der Waals surface area contributed by atoms with Gasteiger partial charge in [-0.05, 0) is 101 Å². The Morgan fingerprint density at radius 1 is 0.881 bits per heavy atom. The second kappa shape index (κ2) is 18.8. The summed E-state index contributed by atoms with van der Waals surface area (Å²) in [5.41, 5.74) is 0.0353. The molecule has 318 valence electrons. The lowest BCUT2D eigenvalue weighted by Gasteiger charge is -2.31. The van der Waals surface area contributed by atoms with Crippen LogP contribution in [0.1, 0.15) is 75.2 Å². The molecule has 2 saturated carbocycles. The number of carbonyl (C=O) groups excluding carboxylic acids is 5. The highest BCUT2D eigenvalue weighted by atomic mass is 35.5. The maximum atomic E-state index is 13.2. The highest BCUT2D eigenvalue weighted by molar-refractivity contribution is 6.35. The van der Waals surface area contributed by atoms with Crippen LogP contribution >= 0.6 is 11.6 Å². The third-order valence-electron chi connectivity index (χ3n) is 9.08. The van der Waals surface area contributed by atoms with E-state index in [1.54, 1.807) is 32.9 Å². The molecular formula is C38H45ClF3N9O8. The van der Waals surface area contributed by atoms with Crippen molar-refractivity contribution >= 4 is 59.0 Å². The lowest BCUT2D eigenvalue weighted by molar-refractivity contribution is -0.154. The van der Waals surface area contributed by atoms with E-state index in [9.17, 15) is 37.1 Å². The first-order valence-electron chi connectivity index (χ1n) is 18.6. The first-order chi connectivity index (χ1) is 27.8. The Kier molecular flexibility index (Phi) is 14.1. The van der Waals surface area contributed by atoms with Crippen LogP contribution in [0, 0.1) is 0 Å². The van der Waals surface area contributed by atoms with E-state index in [4.69, 9.17) is 25.8 Å². The number of halogens is 4. The number of nitrogens with one attached hydrogen (secondary N) is 6. The van der Waals surface area contributed by atoms with E-state index in [0.717, 1.165) is 12.7 Å². The van der Waals surface area contributed by atoms with Gasteiger partial charge in [0.05, 0.1) is 12.6 Å². The fourth-order valence-corrected chi connectivity index (χ4v) is 6.26. The van der Waals surface area contributed by atoms with Gasteiger partial charge in [-0.2, -0.15) is 28.1 Å². The number of amides is 4. The summed E-state index contributed by atoms with van der Waals surface area (Å²) < 4.78 is 53.9. The lowest BCUT2D eigenvalue weighted by atomic mass is 9.91. The Bertz CT molecular complexity index is 2000. The van der Waals surface area contributed by atoms with Gasteiger partial charge in [0.2, 0.25) is 11.9 Å². The summed E-state index contributed by atoms with van der Waals surface area (Å²) in [5.74, 6) is -3.84. The van der Waals surface area contributed by atoms with Crippen LogP contribution in [0.5, 0.6) is 6.01 Å². The number of anilines is 3. The number of alkyl halides is 3. The fourth-order valence-electron chi connectivity index (χ4n) is 6.14. The summed E-state index contributed by atoms with van der Waals surface area (Å²) in [7, 11) is 1.09. The number of alkyl carbamates (subject to hydrolysis) is 1. The van der Waals surface area contributed by atoms with Crippen molar-refractivity contribution in [2.75, 3.05) is 30.9 Å². The molecule has 5 rings (SSSR count). The van der Waals surface area contributed by atoms with Crippen molar-refractivity contribution in [1.29, 1.82) is 0 Å². The average molecular weight is 848 g/mol. The van der Waals surface area contributed by atoms with Crippen LogP contribution in [-0.4, -0.2) is 94.9 Å². The Labute approximate surface area is 342 Å². The Balaban J connectivity index is 1.17. The molecule has 17 nitrogen and oxygen atoms in total. The van der Waals surface area contributed by atoms with E-state index < -0.39 is 78.3 Å². The summed E-state index contributed by atoms with van der Waals surface area (Å²) in [6, 6.07) is 10.1. The Morgan fingerprint density at radius 3 is 2.14 bits per heavy atom. The smallest absolute Gasteiger partial charge is 0.422 e. The summed E-state index contributed by atoms with van der Waals surface area (Å²) in [5, 5.41) is 16.8. The predicted octanol–water partition coefficient (Wildman–Crippen LogP) is 4.65. The molecule has 0 spiro atoms. The van der Waals surface area contributed by atoms with Crippen LogP contribution in [-0.2, 0) is 29.4 Å². The van der Waals surface area contributed by atoms with E-state index in [2.05, 4.69) is 46.9 Å². The van der Waals surface area contributed by atoms with Crippen LogP contribution in [0.2, 0.25) is 5.02 Å². The van der Waals surface area contributed by atoms with Crippen molar-refractivity contribution in [2.24, 2.45) is 0 Å². The minimum atomic E-state index is -4.65. The number of benzene rings is 2. The van der Waals surface area contributed by atoms with Gasteiger partial charge in [0, 0.05) is 34.9 Å². The van der Waals surface area contributed by atoms with Crippen molar-refractivity contribution < 1.29 is 51.4 Å². The van der Waals surface area contributed by atoms with E-state index in [-0.39, 0.29) is 23.5 Å². The molecule has 1 aromatic heterocycles. The molecule has 21 heteroatoms. The molecule has 3 unspecified atom stereocenters. The highest BCUT2D eigenvalue weighted by Gasteiger charge is 2.45. The molecule has 0 radical (unpaired) electrons.